The SMILES string of the molecule is NCCNC(=O)C1N(C(=O)c2ccncc2)CCCN1S(=O)(=O)c1ccc(Cl)c(Cl)c1. The largest absolute Gasteiger partial charge is 0.352 e. The van der Waals surface area contributed by atoms with Gasteiger partial charge in [-0.3, -0.25) is 14.6 Å². The zero-order chi connectivity index (χ0) is 22.6. The molecule has 3 rings (SSSR count). The summed E-state index contributed by atoms with van der Waals surface area (Å²) in [4.78, 5) is 31.1. The molecule has 3 N–H and O–H groups in total. The summed E-state index contributed by atoms with van der Waals surface area (Å²) in [5.74, 6) is -1.12. The number of sulfonamides is 1. The Morgan fingerprint density at radius 3 is 2.48 bits per heavy atom. The maximum atomic E-state index is 13.4. The zero-order valence-corrected chi connectivity index (χ0v) is 18.7. The molecule has 1 aliphatic heterocycles. The maximum absolute atomic E-state index is 13.4. The minimum absolute atomic E-state index is 0.0451. The third-order valence-electron chi connectivity index (χ3n) is 4.71. The van der Waals surface area contributed by atoms with E-state index in [1.165, 1.54) is 47.6 Å². The first-order valence-electron chi connectivity index (χ1n) is 9.43. The predicted octanol–water partition coefficient (Wildman–Crippen LogP) is 1.33. The van der Waals surface area contributed by atoms with Crippen molar-refractivity contribution in [2.24, 2.45) is 5.73 Å². The fraction of sp³-hybridized carbons (Fsp3) is 0.316. The predicted molar refractivity (Wildman–Crippen MR) is 116 cm³/mol. The number of carbonyl (C=O) groups excluding carboxylic acids is 2. The molecule has 2 aromatic rings. The van der Waals surface area contributed by atoms with E-state index in [9.17, 15) is 18.0 Å². The van der Waals surface area contributed by atoms with Gasteiger partial charge in [-0.1, -0.05) is 23.2 Å². The standard InChI is InChI=1S/C19H21Cl2N5O4S/c20-15-3-2-14(12-16(15)21)31(29,30)26-11-1-10-25(18(26)17(27)24-9-6-22)19(28)13-4-7-23-8-5-13/h2-5,7-8,12,18H,1,6,9-11,22H2,(H,24,27). The quantitative estimate of drug-likeness (QED) is 0.635. The molecule has 0 bridgehead atoms. The molecule has 1 unspecified atom stereocenters. The summed E-state index contributed by atoms with van der Waals surface area (Å²) in [6.45, 7) is 0.544. The molecule has 0 spiro atoms. The number of benzene rings is 1. The first kappa shape index (κ1) is 23.4. The van der Waals surface area contributed by atoms with Crippen molar-refractivity contribution in [1.29, 1.82) is 0 Å². The van der Waals surface area contributed by atoms with E-state index in [4.69, 9.17) is 28.9 Å². The van der Waals surface area contributed by atoms with Crippen molar-refractivity contribution < 1.29 is 18.0 Å². The van der Waals surface area contributed by atoms with E-state index >= 15 is 0 Å². The van der Waals surface area contributed by atoms with Crippen molar-refractivity contribution >= 4 is 45.0 Å². The lowest BCUT2D eigenvalue weighted by molar-refractivity contribution is -0.130. The van der Waals surface area contributed by atoms with Crippen molar-refractivity contribution in [3.8, 4) is 0 Å². The van der Waals surface area contributed by atoms with Gasteiger partial charge in [0, 0.05) is 44.1 Å². The van der Waals surface area contributed by atoms with Gasteiger partial charge in [-0.05, 0) is 36.8 Å². The van der Waals surface area contributed by atoms with Crippen molar-refractivity contribution in [3.63, 3.8) is 0 Å². The van der Waals surface area contributed by atoms with E-state index in [0.717, 1.165) is 4.31 Å². The van der Waals surface area contributed by atoms with E-state index in [1.807, 2.05) is 0 Å². The highest BCUT2D eigenvalue weighted by Crippen LogP contribution is 2.30. The van der Waals surface area contributed by atoms with Gasteiger partial charge >= 0.3 is 0 Å². The van der Waals surface area contributed by atoms with Crippen molar-refractivity contribution in [1.82, 2.24) is 19.5 Å². The summed E-state index contributed by atoms with van der Waals surface area (Å²) < 4.78 is 27.8. The Kier molecular flexibility index (Phi) is 7.50. The maximum Gasteiger partial charge on any atom is 0.259 e. The van der Waals surface area contributed by atoms with Gasteiger partial charge < -0.3 is 16.0 Å². The molecule has 1 saturated heterocycles. The van der Waals surface area contributed by atoms with Crippen LogP contribution < -0.4 is 11.1 Å². The molecule has 0 aliphatic carbocycles. The summed E-state index contributed by atoms with van der Waals surface area (Å²) in [5, 5.41) is 2.85. The summed E-state index contributed by atoms with van der Waals surface area (Å²) >= 11 is 11.9. The van der Waals surface area contributed by atoms with Crippen molar-refractivity contribution in [2.45, 2.75) is 17.5 Å². The normalized spacial score (nSPS) is 17.4. The molecule has 31 heavy (non-hydrogen) atoms. The first-order valence-corrected chi connectivity index (χ1v) is 11.6. The number of aromatic nitrogens is 1. The van der Waals surface area contributed by atoms with E-state index in [-0.39, 0.29) is 41.1 Å². The number of hydrogen-bond donors (Lipinski definition) is 2. The fourth-order valence-corrected chi connectivity index (χ4v) is 5.24. The monoisotopic (exact) mass is 485 g/mol. The Morgan fingerprint density at radius 2 is 1.84 bits per heavy atom. The van der Waals surface area contributed by atoms with Gasteiger partial charge in [-0.25, -0.2) is 8.42 Å². The van der Waals surface area contributed by atoms with Crippen molar-refractivity contribution in [3.05, 3.63) is 58.3 Å². The number of halogens is 2. The van der Waals surface area contributed by atoms with Crippen molar-refractivity contribution in [2.75, 3.05) is 26.2 Å². The second kappa shape index (κ2) is 9.92. The highest BCUT2D eigenvalue weighted by atomic mass is 35.5. The van der Waals surface area contributed by atoms with Crippen LogP contribution in [0.15, 0.2) is 47.6 Å². The molecule has 166 valence electrons. The van der Waals surface area contributed by atoms with Gasteiger partial charge in [0.25, 0.3) is 11.8 Å². The Labute approximate surface area is 190 Å². The van der Waals surface area contributed by atoms with Gasteiger partial charge in [-0.2, -0.15) is 4.31 Å². The fourth-order valence-electron chi connectivity index (χ4n) is 3.25. The number of rotatable bonds is 6. The van der Waals surface area contributed by atoms with Crippen LogP contribution in [0.5, 0.6) is 0 Å². The smallest absolute Gasteiger partial charge is 0.259 e. The number of hydrogen-bond acceptors (Lipinski definition) is 6. The van der Waals surface area contributed by atoms with Gasteiger partial charge in [0.1, 0.15) is 0 Å². The molecule has 1 aliphatic rings. The second-order valence-electron chi connectivity index (χ2n) is 6.73. The Hall–Kier alpha value is -2.24. The Bertz CT molecular complexity index is 1070. The molecule has 9 nitrogen and oxygen atoms in total. The average Bonchev–Trinajstić information content (AvgIpc) is 2.78. The van der Waals surface area contributed by atoms with Crippen LogP contribution in [-0.4, -0.2) is 66.8 Å². The van der Waals surface area contributed by atoms with Crippen LogP contribution in [0.3, 0.4) is 0 Å². The third-order valence-corrected chi connectivity index (χ3v) is 7.30. The van der Waals surface area contributed by atoms with E-state index < -0.39 is 28.0 Å². The van der Waals surface area contributed by atoms with E-state index in [2.05, 4.69) is 10.3 Å². The minimum atomic E-state index is -4.18. The number of nitrogens with one attached hydrogen (secondary N) is 1. The summed E-state index contributed by atoms with van der Waals surface area (Å²) in [5.41, 5.74) is 5.76. The lowest BCUT2D eigenvalue weighted by Crippen LogP contribution is -2.63. The molecule has 12 heteroatoms. The molecule has 2 heterocycles. The number of nitrogens with zero attached hydrogens (tertiary/aromatic N) is 3. The van der Waals surface area contributed by atoms with E-state index in [0.29, 0.717) is 12.0 Å². The molecule has 1 fully saturated rings. The van der Waals surface area contributed by atoms with Gasteiger partial charge in [0.15, 0.2) is 6.17 Å². The lowest BCUT2D eigenvalue weighted by Gasteiger charge is -2.41. The van der Waals surface area contributed by atoms with Gasteiger partial charge in [0.2, 0.25) is 10.0 Å². The molecular formula is C19H21Cl2N5O4S. The Morgan fingerprint density at radius 1 is 1.13 bits per heavy atom. The van der Waals surface area contributed by atoms with Crippen LogP contribution in [0.2, 0.25) is 10.0 Å². The van der Waals surface area contributed by atoms with Gasteiger partial charge in [0.05, 0.1) is 14.9 Å². The van der Waals surface area contributed by atoms with E-state index in [1.54, 1.807) is 0 Å². The highest BCUT2D eigenvalue weighted by molar-refractivity contribution is 7.89. The van der Waals surface area contributed by atoms with Crippen LogP contribution in [0, 0.1) is 0 Å². The zero-order valence-electron chi connectivity index (χ0n) is 16.4. The summed E-state index contributed by atoms with van der Waals surface area (Å²) in [6.07, 6.45) is 1.86. The summed E-state index contributed by atoms with van der Waals surface area (Å²) in [7, 11) is -4.18. The minimum Gasteiger partial charge on any atom is -0.352 e. The molecule has 2 amide bonds. The van der Waals surface area contributed by atoms with Crippen LogP contribution >= 0.6 is 23.2 Å². The molecular weight excluding hydrogens is 465 g/mol. The van der Waals surface area contributed by atoms with Crippen LogP contribution in [0.25, 0.3) is 0 Å². The number of pyridine rings is 1. The topological polar surface area (TPSA) is 126 Å². The molecule has 1 atom stereocenters. The first-order chi connectivity index (χ1) is 14.8. The molecule has 1 aromatic heterocycles. The second-order valence-corrected chi connectivity index (χ2v) is 9.44. The number of carbonyl (C=O) groups is 2. The molecule has 1 aromatic carbocycles. The molecule has 0 radical (unpaired) electrons. The highest BCUT2D eigenvalue weighted by Gasteiger charge is 2.44. The average molecular weight is 486 g/mol. The van der Waals surface area contributed by atoms with Crippen LogP contribution in [-0.2, 0) is 14.8 Å². The van der Waals surface area contributed by atoms with Crippen LogP contribution in [0.1, 0.15) is 16.8 Å². The lowest BCUT2D eigenvalue weighted by atomic mass is 10.1. The van der Waals surface area contributed by atoms with Crippen LogP contribution in [0.4, 0.5) is 0 Å². The third kappa shape index (κ3) is 4.99. The number of nitrogens with two attached hydrogens (primary N) is 1. The van der Waals surface area contributed by atoms with Gasteiger partial charge in [-0.15, -0.1) is 0 Å². The summed E-state index contributed by atoms with van der Waals surface area (Å²) in [6, 6.07) is 6.90. The Balaban J connectivity index is 2.03. The molecule has 0 saturated carbocycles. The number of amides is 2.